The number of aromatic amines is 1. The molecule has 0 aliphatic heterocycles. The number of rotatable bonds is 5. The zero-order valence-electron chi connectivity index (χ0n) is 12.0. The molecular weight excluding hydrogens is 272 g/mol. The van der Waals surface area contributed by atoms with Crippen molar-refractivity contribution < 1.29 is 0 Å². The van der Waals surface area contributed by atoms with Crippen LogP contribution >= 0.6 is 12.2 Å². The third-order valence-electron chi connectivity index (χ3n) is 3.74. The second kappa shape index (κ2) is 5.16. The van der Waals surface area contributed by atoms with Gasteiger partial charge in [0.25, 0.3) is 0 Å². The SMILES string of the molecule is CCCn1c(=S)c2[nH]c(C3CC3)nc2n(CCC)c1=O. The summed E-state index contributed by atoms with van der Waals surface area (Å²) in [5, 5.41) is 0. The van der Waals surface area contributed by atoms with Crippen molar-refractivity contribution in [1.82, 2.24) is 19.1 Å². The summed E-state index contributed by atoms with van der Waals surface area (Å²) in [6.07, 6.45) is 4.16. The summed E-state index contributed by atoms with van der Waals surface area (Å²) in [5.74, 6) is 1.52. The van der Waals surface area contributed by atoms with Gasteiger partial charge < -0.3 is 4.98 Å². The van der Waals surface area contributed by atoms with Gasteiger partial charge in [0, 0.05) is 19.0 Å². The first kappa shape index (κ1) is 13.5. The number of imidazole rings is 1. The molecule has 0 amide bonds. The lowest BCUT2D eigenvalue weighted by atomic mass is 10.4. The van der Waals surface area contributed by atoms with Gasteiger partial charge >= 0.3 is 5.69 Å². The second-order valence-electron chi connectivity index (χ2n) is 5.49. The van der Waals surface area contributed by atoms with Gasteiger partial charge in [-0.15, -0.1) is 0 Å². The van der Waals surface area contributed by atoms with Crippen molar-refractivity contribution in [2.45, 2.75) is 58.5 Å². The highest BCUT2D eigenvalue weighted by atomic mass is 32.1. The standard InChI is InChI=1S/C14H20N4OS/c1-3-7-17-12-10(15-11(16-12)9-5-6-9)13(20)18(8-4-2)14(17)19/h9H,3-8H2,1-2H3,(H,15,16). The molecule has 20 heavy (non-hydrogen) atoms. The fraction of sp³-hybridized carbons (Fsp3) is 0.643. The van der Waals surface area contributed by atoms with Crippen molar-refractivity contribution in [3.8, 4) is 0 Å². The molecule has 0 spiro atoms. The van der Waals surface area contributed by atoms with Crippen LogP contribution in [-0.4, -0.2) is 19.1 Å². The molecule has 0 aromatic carbocycles. The Hall–Kier alpha value is -1.43. The minimum atomic E-state index is -0.0277. The Labute approximate surface area is 122 Å². The smallest absolute Gasteiger partial charge is 0.330 e. The van der Waals surface area contributed by atoms with Crippen molar-refractivity contribution in [2.75, 3.05) is 0 Å². The Kier molecular flexibility index (Phi) is 3.50. The summed E-state index contributed by atoms with van der Waals surface area (Å²) in [6.45, 7) is 5.47. The Morgan fingerprint density at radius 1 is 1.25 bits per heavy atom. The van der Waals surface area contributed by atoms with E-state index in [1.807, 2.05) is 0 Å². The zero-order valence-corrected chi connectivity index (χ0v) is 12.8. The number of fused-ring (bicyclic) bond motifs is 1. The minimum Gasteiger partial charge on any atom is -0.338 e. The average molecular weight is 292 g/mol. The first-order valence-electron chi connectivity index (χ1n) is 7.40. The summed E-state index contributed by atoms with van der Waals surface area (Å²) in [7, 11) is 0. The summed E-state index contributed by atoms with van der Waals surface area (Å²) in [6, 6.07) is 0. The highest BCUT2D eigenvalue weighted by Crippen LogP contribution is 2.38. The van der Waals surface area contributed by atoms with Crippen LogP contribution in [0, 0.1) is 4.64 Å². The number of hydrogen-bond donors (Lipinski definition) is 1. The quantitative estimate of drug-likeness (QED) is 0.862. The predicted molar refractivity (Wildman–Crippen MR) is 81.7 cm³/mol. The summed E-state index contributed by atoms with van der Waals surface area (Å²) in [4.78, 5) is 20.6. The van der Waals surface area contributed by atoms with Crippen LogP contribution in [0.2, 0.25) is 0 Å². The molecule has 0 atom stereocenters. The van der Waals surface area contributed by atoms with Gasteiger partial charge in [-0.2, -0.15) is 0 Å². The highest BCUT2D eigenvalue weighted by molar-refractivity contribution is 7.71. The highest BCUT2D eigenvalue weighted by Gasteiger charge is 2.28. The predicted octanol–water partition coefficient (Wildman–Crippen LogP) is 2.95. The fourth-order valence-corrected chi connectivity index (χ4v) is 2.89. The van der Waals surface area contributed by atoms with Crippen molar-refractivity contribution in [3.63, 3.8) is 0 Å². The van der Waals surface area contributed by atoms with Gasteiger partial charge in [0.1, 0.15) is 16.0 Å². The molecule has 108 valence electrons. The molecular formula is C14H20N4OS. The molecule has 3 rings (SSSR count). The van der Waals surface area contributed by atoms with Crippen molar-refractivity contribution >= 4 is 23.4 Å². The lowest BCUT2D eigenvalue weighted by molar-refractivity contribution is 0.563. The minimum absolute atomic E-state index is 0.0277. The van der Waals surface area contributed by atoms with Gasteiger partial charge in [0.2, 0.25) is 0 Å². The average Bonchev–Trinajstić information content (AvgIpc) is 3.19. The number of nitrogens with zero attached hydrogens (tertiary/aromatic N) is 3. The van der Waals surface area contributed by atoms with E-state index < -0.39 is 0 Å². The van der Waals surface area contributed by atoms with E-state index in [1.54, 1.807) is 9.13 Å². The molecule has 1 fully saturated rings. The number of H-pyrrole nitrogens is 1. The normalized spacial score (nSPS) is 15.1. The second-order valence-corrected chi connectivity index (χ2v) is 5.87. The molecule has 5 nitrogen and oxygen atoms in total. The lowest BCUT2D eigenvalue weighted by Gasteiger charge is -2.10. The summed E-state index contributed by atoms with van der Waals surface area (Å²) < 4.78 is 4.06. The molecule has 1 N–H and O–H groups in total. The van der Waals surface area contributed by atoms with Crippen LogP contribution in [0.25, 0.3) is 11.2 Å². The molecule has 2 heterocycles. The van der Waals surface area contributed by atoms with Crippen LogP contribution in [0.1, 0.15) is 51.3 Å². The monoisotopic (exact) mass is 292 g/mol. The van der Waals surface area contributed by atoms with Crippen LogP contribution in [0.5, 0.6) is 0 Å². The molecule has 0 unspecified atom stereocenters. The molecule has 1 aliphatic rings. The molecule has 0 radical (unpaired) electrons. The molecule has 1 aliphatic carbocycles. The number of aryl methyl sites for hydroxylation is 1. The molecule has 2 aromatic rings. The van der Waals surface area contributed by atoms with Gasteiger partial charge in [-0.05, 0) is 25.7 Å². The van der Waals surface area contributed by atoms with E-state index in [0.717, 1.165) is 29.8 Å². The number of aromatic nitrogens is 4. The van der Waals surface area contributed by atoms with Gasteiger partial charge in [-0.3, -0.25) is 9.13 Å². The number of nitrogens with one attached hydrogen (secondary N) is 1. The van der Waals surface area contributed by atoms with Crippen molar-refractivity contribution in [1.29, 1.82) is 0 Å². The third-order valence-corrected chi connectivity index (χ3v) is 4.16. The van der Waals surface area contributed by atoms with Crippen molar-refractivity contribution in [3.05, 3.63) is 20.9 Å². The maximum Gasteiger partial charge on any atom is 0.330 e. The van der Waals surface area contributed by atoms with Crippen LogP contribution in [0.15, 0.2) is 4.79 Å². The Bertz CT molecular complexity index is 751. The Balaban J connectivity index is 2.30. The zero-order chi connectivity index (χ0) is 14.3. The van der Waals surface area contributed by atoms with Gasteiger partial charge in [-0.1, -0.05) is 26.1 Å². The van der Waals surface area contributed by atoms with Crippen LogP contribution in [0.3, 0.4) is 0 Å². The third kappa shape index (κ3) is 2.12. The fourth-order valence-electron chi connectivity index (χ4n) is 2.58. The molecule has 2 aromatic heterocycles. The molecule has 0 bridgehead atoms. The van der Waals surface area contributed by atoms with Gasteiger partial charge in [0.05, 0.1) is 0 Å². The van der Waals surface area contributed by atoms with Gasteiger partial charge in [0.15, 0.2) is 5.65 Å². The van der Waals surface area contributed by atoms with Crippen LogP contribution in [0.4, 0.5) is 0 Å². The summed E-state index contributed by atoms with van der Waals surface area (Å²) >= 11 is 5.49. The van der Waals surface area contributed by atoms with E-state index in [0.29, 0.717) is 23.6 Å². The lowest BCUT2D eigenvalue weighted by Crippen LogP contribution is -2.31. The van der Waals surface area contributed by atoms with Crippen LogP contribution < -0.4 is 5.69 Å². The molecule has 6 heteroatoms. The van der Waals surface area contributed by atoms with E-state index in [-0.39, 0.29) is 5.69 Å². The largest absolute Gasteiger partial charge is 0.338 e. The molecule has 1 saturated carbocycles. The first-order chi connectivity index (χ1) is 9.67. The van der Waals surface area contributed by atoms with Gasteiger partial charge in [-0.25, -0.2) is 9.78 Å². The summed E-state index contributed by atoms with van der Waals surface area (Å²) in [5.41, 5.74) is 1.56. The van der Waals surface area contributed by atoms with E-state index in [4.69, 9.17) is 12.2 Å². The maximum atomic E-state index is 12.6. The Morgan fingerprint density at radius 2 is 1.90 bits per heavy atom. The number of hydrogen-bond acceptors (Lipinski definition) is 3. The van der Waals surface area contributed by atoms with E-state index >= 15 is 0 Å². The van der Waals surface area contributed by atoms with Crippen molar-refractivity contribution in [2.24, 2.45) is 0 Å². The first-order valence-corrected chi connectivity index (χ1v) is 7.81. The van der Waals surface area contributed by atoms with Crippen LogP contribution in [-0.2, 0) is 13.1 Å². The maximum absolute atomic E-state index is 12.6. The Morgan fingerprint density at radius 3 is 2.50 bits per heavy atom. The topological polar surface area (TPSA) is 55.6 Å². The van der Waals surface area contributed by atoms with E-state index in [9.17, 15) is 4.79 Å². The van der Waals surface area contributed by atoms with E-state index in [1.165, 1.54) is 12.8 Å². The van der Waals surface area contributed by atoms with E-state index in [2.05, 4.69) is 23.8 Å². The molecule has 0 saturated heterocycles.